The van der Waals surface area contributed by atoms with Crippen molar-refractivity contribution in [3.63, 3.8) is 0 Å². The molecule has 1 aromatic rings. The molecule has 2 heteroatoms. The fourth-order valence-corrected chi connectivity index (χ4v) is 1.76. The van der Waals surface area contributed by atoms with Gasteiger partial charge in [0.2, 0.25) is 0 Å². The zero-order valence-electron chi connectivity index (χ0n) is 7.03. The highest BCUT2D eigenvalue weighted by Gasteiger charge is 2.24. The number of nitrogens with two attached hydrogens (primary N) is 1. The molecular weight excluding hydrogens is 148 g/mol. The predicted molar refractivity (Wildman–Crippen MR) is 50.0 cm³/mol. The summed E-state index contributed by atoms with van der Waals surface area (Å²) in [6.45, 7) is 1.96. The van der Waals surface area contributed by atoms with Gasteiger partial charge >= 0.3 is 0 Å². The summed E-state index contributed by atoms with van der Waals surface area (Å²) in [5.41, 5.74) is 7.30. The van der Waals surface area contributed by atoms with E-state index >= 15 is 0 Å². The van der Waals surface area contributed by atoms with E-state index in [0.29, 0.717) is 5.92 Å². The Balaban J connectivity index is 2.19. The van der Waals surface area contributed by atoms with Crippen LogP contribution in [-0.4, -0.2) is 19.1 Å². The molecule has 0 radical (unpaired) electrons. The van der Waals surface area contributed by atoms with Crippen LogP contribution in [0.5, 0.6) is 0 Å². The van der Waals surface area contributed by atoms with Crippen molar-refractivity contribution in [2.24, 2.45) is 5.73 Å². The molecule has 0 saturated carbocycles. The molecule has 1 aliphatic rings. The minimum Gasteiger partial charge on any atom is -0.326 e. The summed E-state index contributed by atoms with van der Waals surface area (Å²) in [5, 5.41) is 3.30. The van der Waals surface area contributed by atoms with Gasteiger partial charge in [-0.1, -0.05) is 30.3 Å². The van der Waals surface area contributed by atoms with Gasteiger partial charge in [0, 0.05) is 25.0 Å². The number of benzene rings is 1. The molecule has 1 saturated heterocycles. The molecule has 0 amide bonds. The quantitative estimate of drug-likeness (QED) is 0.638. The smallest absolute Gasteiger partial charge is 0.0247 e. The van der Waals surface area contributed by atoms with Gasteiger partial charge in [0.25, 0.3) is 0 Å². The highest BCUT2D eigenvalue weighted by molar-refractivity contribution is 5.23. The number of nitrogens with one attached hydrogen (secondary N) is 1. The van der Waals surface area contributed by atoms with Gasteiger partial charge in [0.05, 0.1) is 0 Å². The molecular formula is C10H14N2. The van der Waals surface area contributed by atoms with E-state index in [1.807, 2.05) is 6.07 Å². The van der Waals surface area contributed by atoms with Crippen molar-refractivity contribution >= 4 is 0 Å². The van der Waals surface area contributed by atoms with Gasteiger partial charge in [-0.15, -0.1) is 0 Å². The standard InChI is InChI=1S/C10H14N2/c11-10-7-12-6-9(10)8-4-2-1-3-5-8/h1-5,9-10,12H,6-7,11H2/t9-,10+/m1/s1. The molecule has 0 bridgehead atoms. The molecule has 1 aliphatic heterocycles. The Morgan fingerprint density at radius 2 is 1.92 bits per heavy atom. The largest absolute Gasteiger partial charge is 0.326 e. The van der Waals surface area contributed by atoms with Gasteiger partial charge in [0.15, 0.2) is 0 Å². The Morgan fingerprint density at radius 1 is 1.17 bits per heavy atom. The fraction of sp³-hybridized carbons (Fsp3) is 0.400. The molecule has 2 atom stereocenters. The van der Waals surface area contributed by atoms with E-state index in [2.05, 4.69) is 29.6 Å². The molecule has 3 N–H and O–H groups in total. The third kappa shape index (κ3) is 1.36. The summed E-state index contributed by atoms with van der Waals surface area (Å²) < 4.78 is 0. The van der Waals surface area contributed by atoms with Crippen LogP contribution >= 0.6 is 0 Å². The first-order valence-corrected chi connectivity index (χ1v) is 4.39. The highest BCUT2D eigenvalue weighted by Crippen LogP contribution is 2.20. The van der Waals surface area contributed by atoms with Crippen LogP contribution in [0.3, 0.4) is 0 Å². The lowest BCUT2D eigenvalue weighted by molar-refractivity contribution is 0.653. The molecule has 1 aromatic carbocycles. The Labute approximate surface area is 72.8 Å². The maximum Gasteiger partial charge on any atom is 0.0247 e. The second-order valence-electron chi connectivity index (χ2n) is 3.34. The molecule has 0 unspecified atom stereocenters. The highest BCUT2D eigenvalue weighted by atomic mass is 15.0. The molecule has 1 fully saturated rings. The van der Waals surface area contributed by atoms with Gasteiger partial charge in [0.1, 0.15) is 0 Å². The van der Waals surface area contributed by atoms with Gasteiger partial charge in [-0.05, 0) is 5.56 Å². The maximum absolute atomic E-state index is 5.95. The summed E-state index contributed by atoms with van der Waals surface area (Å²) in [5.74, 6) is 0.506. The SMILES string of the molecule is N[C@H]1CNC[C@@H]1c1ccccc1. The van der Waals surface area contributed by atoms with Gasteiger partial charge < -0.3 is 11.1 Å². The van der Waals surface area contributed by atoms with Crippen molar-refractivity contribution in [1.29, 1.82) is 0 Å². The van der Waals surface area contributed by atoms with Gasteiger partial charge in [-0.25, -0.2) is 0 Å². The summed E-state index contributed by atoms with van der Waals surface area (Å²) in [6, 6.07) is 10.8. The van der Waals surface area contributed by atoms with Crippen molar-refractivity contribution in [2.45, 2.75) is 12.0 Å². The number of hydrogen-bond acceptors (Lipinski definition) is 2. The van der Waals surface area contributed by atoms with E-state index in [0.717, 1.165) is 13.1 Å². The average molecular weight is 162 g/mol. The van der Waals surface area contributed by atoms with Crippen molar-refractivity contribution in [1.82, 2.24) is 5.32 Å². The Bertz CT molecular complexity index is 245. The van der Waals surface area contributed by atoms with Crippen LogP contribution in [0.25, 0.3) is 0 Å². The molecule has 2 rings (SSSR count). The monoisotopic (exact) mass is 162 g/mol. The second-order valence-corrected chi connectivity index (χ2v) is 3.34. The first-order chi connectivity index (χ1) is 5.88. The summed E-state index contributed by atoms with van der Waals surface area (Å²) in [6.07, 6.45) is 0. The third-order valence-electron chi connectivity index (χ3n) is 2.49. The van der Waals surface area contributed by atoms with Crippen LogP contribution in [0.1, 0.15) is 11.5 Å². The molecule has 0 aromatic heterocycles. The lowest BCUT2D eigenvalue weighted by Gasteiger charge is -2.13. The number of rotatable bonds is 1. The fourth-order valence-electron chi connectivity index (χ4n) is 1.76. The van der Waals surface area contributed by atoms with E-state index < -0.39 is 0 Å². The van der Waals surface area contributed by atoms with Crippen LogP contribution < -0.4 is 11.1 Å². The molecule has 12 heavy (non-hydrogen) atoms. The maximum atomic E-state index is 5.95. The zero-order valence-corrected chi connectivity index (χ0v) is 7.03. The minimum atomic E-state index is 0.285. The molecule has 1 heterocycles. The minimum absolute atomic E-state index is 0.285. The average Bonchev–Trinajstić information content (AvgIpc) is 2.53. The first-order valence-electron chi connectivity index (χ1n) is 4.39. The van der Waals surface area contributed by atoms with Gasteiger partial charge in [-0.2, -0.15) is 0 Å². The van der Waals surface area contributed by atoms with E-state index in [-0.39, 0.29) is 6.04 Å². The topological polar surface area (TPSA) is 38.0 Å². The second kappa shape index (κ2) is 3.25. The van der Waals surface area contributed by atoms with E-state index in [9.17, 15) is 0 Å². The van der Waals surface area contributed by atoms with Gasteiger partial charge in [-0.3, -0.25) is 0 Å². The lowest BCUT2D eigenvalue weighted by Crippen LogP contribution is -2.27. The summed E-state index contributed by atoms with van der Waals surface area (Å²) in [7, 11) is 0. The van der Waals surface area contributed by atoms with Crippen LogP contribution in [-0.2, 0) is 0 Å². The first kappa shape index (κ1) is 7.77. The zero-order chi connectivity index (χ0) is 8.39. The summed E-state index contributed by atoms with van der Waals surface area (Å²) >= 11 is 0. The van der Waals surface area contributed by atoms with Crippen molar-refractivity contribution < 1.29 is 0 Å². The Kier molecular flexibility index (Phi) is 2.11. The normalized spacial score (nSPS) is 29.1. The molecule has 64 valence electrons. The van der Waals surface area contributed by atoms with E-state index in [1.165, 1.54) is 5.56 Å². The molecule has 0 aliphatic carbocycles. The number of hydrogen-bond donors (Lipinski definition) is 2. The van der Waals surface area contributed by atoms with Crippen LogP contribution in [0, 0.1) is 0 Å². The summed E-state index contributed by atoms with van der Waals surface area (Å²) in [4.78, 5) is 0. The van der Waals surface area contributed by atoms with Crippen molar-refractivity contribution in [3.8, 4) is 0 Å². The molecule has 0 spiro atoms. The van der Waals surface area contributed by atoms with E-state index in [4.69, 9.17) is 5.73 Å². The lowest BCUT2D eigenvalue weighted by atomic mass is 9.95. The van der Waals surface area contributed by atoms with Crippen LogP contribution in [0.2, 0.25) is 0 Å². The molecule has 2 nitrogen and oxygen atoms in total. The Hall–Kier alpha value is -0.860. The third-order valence-corrected chi connectivity index (χ3v) is 2.49. The Morgan fingerprint density at radius 3 is 2.50 bits per heavy atom. The van der Waals surface area contributed by atoms with Crippen molar-refractivity contribution in [2.75, 3.05) is 13.1 Å². The van der Waals surface area contributed by atoms with Crippen LogP contribution in [0.15, 0.2) is 30.3 Å². The van der Waals surface area contributed by atoms with E-state index in [1.54, 1.807) is 0 Å². The predicted octanol–water partition coefficient (Wildman–Crippen LogP) is 0.701. The van der Waals surface area contributed by atoms with Crippen LogP contribution in [0.4, 0.5) is 0 Å². The van der Waals surface area contributed by atoms with Crippen molar-refractivity contribution in [3.05, 3.63) is 35.9 Å².